The molecule has 94 valence electrons. The summed E-state index contributed by atoms with van der Waals surface area (Å²) < 4.78 is 39.9. The number of hydrogen-bond acceptors (Lipinski definition) is 3. The molecule has 1 saturated heterocycles. The van der Waals surface area contributed by atoms with Crippen LogP contribution in [0.25, 0.3) is 0 Å². The van der Waals surface area contributed by atoms with E-state index in [1.54, 1.807) is 0 Å². The van der Waals surface area contributed by atoms with Crippen molar-refractivity contribution in [2.45, 2.75) is 17.4 Å². The predicted octanol–water partition coefficient (Wildman–Crippen LogP) is 1.12. The molecular formula is C10H12ClFN2O2S. The van der Waals surface area contributed by atoms with Gasteiger partial charge in [-0.25, -0.2) is 17.5 Å². The van der Waals surface area contributed by atoms with Crippen LogP contribution in [0.15, 0.2) is 23.1 Å². The standard InChI is InChI=1S/C10H12ClFN2O2S/c11-8-2-1-3-9(10(8)12)17(15,16)14-7-4-5-13-6-7/h1-3,7,13-14H,4-6H2/t7-/m0/s1. The van der Waals surface area contributed by atoms with E-state index in [1.165, 1.54) is 18.2 Å². The van der Waals surface area contributed by atoms with Crippen LogP contribution in [0, 0.1) is 5.82 Å². The van der Waals surface area contributed by atoms with Crippen molar-refractivity contribution in [3.63, 3.8) is 0 Å². The molecule has 2 rings (SSSR count). The van der Waals surface area contributed by atoms with Gasteiger partial charge < -0.3 is 5.32 Å². The van der Waals surface area contributed by atoms with E-state index >= 15 is 0 Å². The first-order valence-corrected chi connectivity index (χ1v) is 7.04. The van der Waals surface area contributed by atoms with Gasteiger partial charge in [-0.2, -0.15) is 0 Å². The highest BCUT2D eigenvalue weighted by atomic mass is 35.5. The van der Waals surface area contributed by atoms with Crippen molar-refractivity contribution in [2.75, 3.05) is 13.1 Å². The molecule has 1 heterocycles. The van der Waals surface area contributed by atoms with Crippen LogP contribution in [0.4, 0.5) is 4.39 Å². The van der Waals surface area contributed by atoms with Gasteiger partial charge in [-0.15, -0.1) is 0 Å². The number of rotatable bonds is 3. The smallest absolute Gasteiger partial charge is 0.243 e. The third kappa shape index (κ3) is 2.77. The second-order valence-corrected chi connectivity index (χ2v) is 5.95. The topological polar surface area (TPSA) is 58.2 Å². The summed E-state index contributed by atoms with van der Waals surface area (Å²) in [4.78, 5) is -0.406. The van der Waals surface area contributed by atoms with Crippen LogP contribution < -0.4 is 10.0 Å². The Morgan fingerprint density at radius 3 is 2.88 bits per heavy atom. The van der Waals surface area contributed by atoms with Crippen LogP contribution in [-0.2, 0) is 10.0 Å². The SMILES string of the molecule is O=S(=O)(N[C@H]1CCNC1)c1cccc(Cl)c1F. The number of benzene rings is 1. The van der Waals surface area contributed by atoms with Crippen LogP contribution in [0.3, 0.4) is 0 Å². The van der Waals surface area contributed by atoms with Crippen molar-refractivity contribution in [2.24, 2.45) is 0 Å². The Labute approximate surface area is 104 Å². The molecule has 17 heavy (non-hydrogen) atoms. The lowest BCUT2D eigenvalue weighted by atomic mass is 10.3. The molecule has 4 nitrogen and oxygen atoms in total. The quantitative estimate of drug-likeness (QED) is 0.871. The van der Waals surface area contributed by atoms with Crippen molar-refractivity contribution in [3.05, 3.63) is 29.0 Å². The van der Waals surface area contributed by atoms with E-state index in [4.69, 9.17) is 11.6 Å². The van der Waals surface area contributed by atoms with E-state index in [1.807, 2.05) is 0 Å². The second-order valence-electron chi connectivity index (χ2n) is 3.86. The fraction of sp³-hybridized carbons (Fsp3) is 0.400. The van der Waals surface area contributed by atoms with Gasteiger partial charge in [-0.05, 0) is 25.1 Å². The fourth-order valence-corrected chi connectivity index (χ4v) is 3.33. The second kappa shape index (κ2) is 4.89. The van der Waals surface area contributed by atoms with Crippen molar-refractivity contribution >= 4 is 21.6 Å². The molecule has 1 aromatic carbocycles. The molecule has 1 fully saturated rings. The molecule has 1 aliphatic rings. The molecule has 1 atom stereocenters. The average molecular weight is 279 g/mol. The van der Waals surface area contributed by atoms with Gasteiger partial charge >= 0.3 is 0 Å². The average Bonchev–Trinajstić information content (AvgIpc) is 2.73. The number of sulfonamides is 1. The molecule has 0 aromatic heterocycles. The molecule has 0 bridgehead atoms. The minimum absolute atomic E-state index is 0.196. The third-order valence-electron chi connectivity index (χ3n) is 2.59. The Bertz CT molecular complexity index is 515. The number of hydrogen-bond donors (Lipinski definition) is 2. The van der Waals surface area contributed by atoms with Crippen LogP contribution in [0.1, 0.15) is 6.42 Å². The van der Waals surface area contributed by atoms with E-state index in [9.17, 15) is 12.8 Å². The summed E-state index contributed by atoms with van der Waals surface area (Å²) in [6.45, 7) is 1.31. The van der Waals surface area contributed by atoms with Gasteiger partial charge in [0.1, 0.15) is 4.90 Å². The maximum Gasteiger partial charge on any atom is 0.243 e. The van der Waals surface area contributed by atoms with Gasteiger partial charge in [0, 0.05) is 12.6 Å². The first-order chi connectivity index (χ1) is 8.00. The minimum atomic E-state index is -3.85. The number of nitrogens with one attached hydrogen (secondary N) is 2. The van der Waals surface area contributed by atoms with E-state index in [0.29, 0.717) is 13.0 Å². The first kappa shape index (κ1) is 12.8. The lowest BCUT2D eigenvalue weighted by Crippen LogP contribution is -2.36. The van der Waals surface area contributed by atoms with Crippen molar-refractivity contribution in [1.82, 2.24) is 10.0 Å². The van der Waals surface area contributed by atoms with Crippen LogP contribution in [0.2, 0.25) is 5.02 Å². The Morgan fingerprint density at radius 2 is 2.24 bits per heavy atom. The van der Waals surface area contributed by atoms with Crippen molar-refractivity contribution in [1.29, 1.82) is 0 Å². The molecule has 0 saturated carbocycles. The molecule has 1 aromatic rings. The summed E-state index contributed by atoms with van der Waals surface area (Å²) in [5.41, 5.74) is 0. The molecule has 1 aliphatic heterocycles. The molecule has 0 amide bonds. The highest BCUT2D eigenvalue weighted by Gasteiger charge is 2.25. The molecule has 0 spiro atoms. The monoisotopic (exact) mass is 278 g/mol. The number of halogens is 2. The van der Waals surface area contributed by atoms with Crippen molar-refractivity contribution < 1.29 is 12.8 Å². The zero-order valence-electron chi connectivity index (χ0n) is 8.91. The van der Waals surface area contributed by atoms with E-state index in [0.717, 1.165) is 6.54 Å². The summed E-state index contributed by atoms with van der Waals surface area (Å²) in [7, 11) is -3.85. The van der Waals surface area contributed by atoms with Gasteiger partial charge in [0.15, 0.2) is 5.82 Å². The third-order valence-corrected chi connectivity index (χ3v) is 4.42. The van der Waals surface area contributed by atoms with E-state index < -0.39 is 20.7 Å². The summed E-state index contributed by atoms with van der Waals surface area (Å²) in [5, 5.41) is 2.83. The lowest BCUT2D eigenvalue weighted by molar-refractivity contribution is 0.542. The summed E-state index contributed by atoms with van der Waals surface area (Å²) in [6.07, 6.45) is 0.696. The minimum Gasteiger partial charge on any atom is -0.315 e. The molecule has 0 radical (unpaired) electrons. The highest BCUT2D eigenvalue weighted by molar-refractivity contribution is 7.89. The van der Waals surface area contributed by atoms with Gasteiger partial charge in [0.05, 0.1) is 5.02 Å². The lowest BCUT2D eigenvalue weighted by Gasteiger charge is -2.12. The fourth-order valence-electron chi connectivity index (χ4n) is 1.73. The summed E-state index contributed by atoms with van der Waals surface area (Å²) >= 11 is 5.56. The van der Waals surface area contributed by atoms with E-state index in [-0.39, 0.29) is 11.1 Å². The normalized spacial score (nSPS) is 20.7. The summed E-state index contributed by atoms with van der Waals surface area (Å²) in [5.74, 6) is -0.910. The van der Waals surface area contributed by atoms with Gasteiger partial charge in [0.25, 0.3) is 0 Å². The molecule has 0 aliphatic carbocycles. The Kier molecular flexibility index (Phi) is 3.67. The zero-order valence-corrected chi connectivity index (χ0v) is 10.5. The highest BCUT2D eigenvalue weighted by Crippen LogP contribution is 2.22. The molecule has 7 heteroatoms. The Hall–Kier alpha value is -0.690. The van der Waals surface area contributed by atoms with Gasteiger partial charge in [-0.3, -0.25) is 0 Å². The van der Waals surface area contributed by atoms with Crippen LogP contribution in [-0.4, -0.2) is 27.5 Å². The van der Waals surface area contributed by atoms with Gasteiger partial charge in [-0.1, -0.05) is 17.7 Å². The molecule has 0 unspecified atom stereocenters. The van der Waals surface area contributed by atoms with Gasteiger partial charge in [0.2, 0.25) is 10.0 Å². The van der Waals surface area contributed by atoms with Crippen molar-refractivity contribution in [3.8, 4) is 0 Å². The van der Waals surface area contributed by atoms with Crippen LogP contribution in [0.5, 0.6) is 0 Å². The maximum atomic E-state index is 13.6. The zero-order chi connectivity index (χ0) is 12.5. The van der Waals surface area contributed by atoms with Crippen LogP contribution >= 0.6 is 11.6 Å². The van der Waals surface area contributed by atoms with E-state index in [2.05, 4.69) is 10.0 Å². The largest absolute Gasteiger partial charge is 0.315 e. The Balaban J connectivity index is 2.28. The molecular weight excluding hydrogens is 267 g/mol. The first-order valence-electron chi connectivity index (χ1n) is 5.18. The maximum absolute atomic E-state index is 13.6. The summed E-state index contributed by atoms with van der Waals surface area (Å²) in [6, 6.07) is 3.73. The predicted molar refractivity (Wildman–Crippen MR) is 63.0 cm³/mol. The Morgan fingerprint density at radius 1 is 1.47 bits per heavy atom. The molecule has 2 N–H and O–H groups in total.